The van der Waals surface area contributed by atoms with Crippen LogP contribution in [0.5, 0.6) is 0 Å². The van der Waals surface area contributed by atoms with E-state index in [1.165, 1.54) is 5.56 Å². The van der Waals surface area contributed by atoms with Gasteiger partial charge in [-0.25, -0.2) is 0 Å². The Hall–Kier alpha value is -0.890. The van der Waals surface area contributed by atoms with E-state index >= 15 is 0 Å². The van der Waals surface area contributed by atoms with Crippen LogP contribution in [0.3, 0.4) is 0 Å². The van der Waals surface area contributed by atoms with Crippen LogP contribution in [0.2, 0.25) is 15.1 Å². The molecule has 0 aliphatic heterocycles. The summed E-state index contributed by atoms with van der Waals surface area (Å²) in [6.07, 6.45) is 0. The minimum absolute atomic E-state index is 0.0367. The molecule has 4 heteroatoms. The SMILES string of the molecule is CC(C)c1cccc(NC(C)c2ccc(Cl)c(Cl)c2Cl)c1. The molecule has 0 aliphatic carbocycles. The number of benzene rings is 2. The van der Waals surface area contributed by atoms with Crippen molar-refractivity contribution < 1.29 is 0 Å². The van der Waals surface area contributed by atoms with Gasteiger partial charge in [0, 0.05) is 5.69 Å². The van der Waals surface area contributed by atoms with Gasteiger partial charge in [-0.3, -0.25) is 0 Å². The summed E-state index contributed by atoms with van der Waals surface area (Å²) in [5, 5.41) is 4.83. The molecule has 0 aromatic heterocycles. The molecule has 0 saturated carbocycles. The molecule has 2 aromatic carbocycles. The van der Waals surface area contributed by atoms with E-state index in [-0.39, 0.29) is 6.04 Å². The van der Waals surface area contributed by atoms with Gasteiger partial charge in [-0.1, -0.05) is 66.8 Å². The Balaban J connectivity index is 2.24. The van der Waals surface area contributed by atoms with Gasteiger partial charge >= 0.3 is 0 Å². The van der Waals surface area contributed by atoms with Gasteiger partial charge in [-0.2, -0.15) is 0 Å². The summed E-state index contributed by atoms with van der Waals surface area (Å²) in [7, 11) is 0. The van der Waals surface area contributed by atoms with Crippen molar-refractivity contribution >= 4 is 40.5 Å². The summed E-state index contributed by atoms with van der Waals surface area (Å²) in [6.45, 7) is 6.41. The highest BCUT2D eigenvalue weighted by atomic mass is 35.5. The van der Waals surface area contributed by atoms with E-state index in [1.54, 1.807) is 6.07 Å². The zero-order valence-electron chi connectivity index (χ0n) is 12.3. The molecule has 0 bridgehead atoms. The van der Waals surface area contributed by atoms with Gasteiger partial charge in [0.1, 0.15) is 0 Å². The highest BCUT2D eigenvalue weighted by Gasteiger charge is 2.14. The monoisotopic (exact) mass is 341 g/mol. The van der Waals surface area contributed by atoms with Crippen LogP contribution in [0.25, 0.3) is 0 Å². The Morgan fingerprint density at radius 2 is 1.62 bits per heavy atom. The number of halogens is 3. The van der Waals surface area contributed by atoms with Crippen molar-refractivity contribution in [1.29, 1.82) is 0 Å². The lowest BCUT2D eigenvalue weighted by Crippen LogP contribution is -2.07. The molecule has 1 atom stereocenters. The number of anilines is 1. The number of nitrogens with one attached hydrogen (secondary N) is 1. The average Bonchev–Trinajstić information content (AvgIpc) is 2.45. The molecule has 0 fully saturated rings. The fraction of sp³-hybridized carbons (Fsp3) is 0.294. The molecule has 0 saturated heterocycles. The number of hydrogen-bond donors (Lipinski definition) is 1. The molecule has 21 heavy (non-hydrogen) atoms. The van der Waals surface area contributed by atoms with Gasteiger partial charge in [0.2, 0.25) is 0 Å². The van der Waals surface area contributed by atoms with Gasteiger partial charge < -0.3 is 5.32 Å². The Morgan fingerprint density at radius 3 is 2.29 bits per heavy atom. The zero-order valence-corrected chi connectivity index (χ0v) is 14.5. The fourth-order valence-electron chi connectivity index (χ4n) is 2.19. The second-order valence-electron chi connectivity index (χ2n) is 5.41. The maximum atomic E-state index is 6.28. The van der Waals surface area contributed by atoms with Crippen molar-refractivity contribution in [2.45, 2.75) is 32.7 Å². The van der Waals surface area contributed by atoms with Gasteiger partial charge in [0.25, 0.3) is 0 Å². The maximum Gasteiger partial charge on any atom is 0.0782 e. The zero-order chi connectivity index (χ0) is 15.6. The minimum Gasteiger partial charge on any atom is -0.378 e. The topological polar surface area (TPSA) is 12.0 Å². The van der Waals surface area contributed by atoms with Crippen LogP contribution in [0, 0.1) is 0 Å². The lowest BCUT2D eigenvalue weighted by Gasteiger charge is -2.19. The summed E-state index contributed by atoms with van der Waals surface area (Å²) in [4.78, 5) is 0. The lowest BCUT2D eigenvalue weighted by atomic mass is 10.0. The first-order chi connectivity index (χ1) is 9.90. The molecule has 0 amide bonds. The second kappa shape index (κ2) is 6.91. The third-order valence-corrected chi connectivity index (χ3v) is 4.78. The normalized spacial score (nSPS) is 12.5. The van der Waals surface area contributed by atoms with E-state index in [4.69, 9.17) is 34.8 Å². The van der Waals surface area contributed by atoms with Crippen molar-refractivity contribution in [3.63, 3.8) is 0 Å². The molecule has 1 unspecified atom stereocenters. The van der Waals surface area contributed by atoms with Crippen molar-refractivity contribution in [3.8, 4) is 0 Å². The Morgan fingerprint density at radius 1 is 0.905 bits per heavy atom. The number of hydrogen-bond acceptors (Lipinski definition) is 1. The molecular weight excluding hydrogens is 325 g/mol. The van der Waals surface area contributed by atoms with Crippen LogP contribution in [-0.4, -0.2) is 0 Å². The van der Waals surface area contributed by atoms with Crippen LogP contribution in [0.15, 0.2) is 36.4 Å². The van der Waals surface area contributed by atoms with Crippen molar-refractivity contribution in [2.24, 2.45) is 0 Å². The fourth-order valence-corrected chi connectivity index (χ4v) is 2.90. The molecule has 0 aliphatic rings. The lowest BCUT2D eigenvalue weighted by molar-refractivity contribution is 0.858. The van der Waals surface area contributed by atoms with Crippen LogP contribution in [-0.2, 0) is 0 Å². The molecule has 2 aromatic rings. The van der Waals surface area contributed by atoms with E-state index in [0.717, 1.165) is 11.3 Å². The highest BCUT2D eigenvalue weighted by Crippen LogP contribution is 2.36. The molecule has 1 N–H and O–H groups in total. The van der Waals surface area contributed by atoms with Crippen LogP contribution in [0.4, 0.5) is 5.69 Å². The van der Waals surface area contributed by atoms with Crippen molar-refractivity contribution in [3.05, 3.63) is 62.6 Å². The van der Waals surface area contributed by atoms with E-state index in [0.29, 0.717) is 21.0 Å². The van der Waals surface area contributed by atoms with E-state index < -0.39 is 0 Å². The number of rotatable bonds is 4. The predicted octanol–water partition coefficient (Wildman–Crippen LogP) is 6.94. The molecular formula is C17H18Cl3N. The standard InChI is InChI=1S/C17H18Cl3N/c1-10(2)12-5-4-6-13(9-12)21-11(3)14-7-8-15(18)17(20)16(14)19/h4-11,21H,1-3H3. The van der Waals surface area contributed by atoms with E-state index in [1.807, 2.05) is 19.1 Å². The first-order valence-corrected chi connectivity index (χ1v) is 8.03. The Bertz CT molecular complexity index is 638. The molecule has 1 nitrogen and oxygen atoms in total. The van der Waals surface area contributed by atoms with Crippen LogP contribution < -0.4 is 5.32 Å². The van der Waals surface area contributed by atoms with E-state index in [2.05, 4.69) is 37.4 Å². The summed E-state index contributed by atoms with van der Waals surface area (Å²) in [6, 6.07) is 12.1. The van der Waals surface area contributed by atoms with Crippen molar-refractivity contribution in [1.82, 2.24) is 0 Å². The third kappa shape index (κ3) is 3.85. The predicted molar refractivity (Wildman–Crippen MR) is 94.0 cm³/mol. The molecule has 112 valence electrons. The first-order valence-electron chi connectivity index (χ1n) is 6.90. The smallest absolute Gasteiger partial charge is 0.0782 e. The van der Waals surface area contributed by atoms with Crippen LogP contribution in [0.1, 0.15) is 43.9 Å². The molecule has 2 rings (SSSR count). The molecule has 0 spiro atoms. The van der Waals surface area contributed by atoms with E-state index in [9.17, 15) is 0 Å². The maximum absolute atomic E-state index is 6.28. The molecule has 0 radical (unpaired) electrons. The first kappa shape index (κ1) is 16.5. The van der Waals surface area contributed by atoms with Gasteiger partial charge in [0.15, 0.2) is 0 Å². The van der Waals surface area contributed by atoms with Gasteiger partial charge in [-0.05, 0) is 42.2 Å². The van der Waals surface area contributed by atoms with Crippen LogP contribution >= 0.6 is 34.8 Å². The quantitative estimate of drug-likeness (QED) is 0.593. The summed E-state index contributed by atoms with van der Waals surface area (Å²) in [5.74, 6) is 0.496. The Kier molecular flexibility index (Phi) is 5.43. The highest BCUT2D eigenvalue weighted by molar-refractivity contribution is 6.48. The Labute approximate surface area is 141 Å². The summed E-state index contributed by atoms with van der Waals surface area (Å²) < 4.78 is 0. The van der Waals surface area contributed by atoms with Crippen molar-refractivity contribution in [2.75, 3.05) is 5.32 Å². The van der Waals surface area contributed by atoms with Gasteiger partial charge in [0.05, 0.1) is 21.1 Å². The minimum atomic E-state index is 0.0367. The molecule has 0 heterocycles. The summed E-state index contributed by atoms with van der Waals surface area (Å²) in [5.41, 5.74) is 3.30. The second-order valence-corrected chi connectivity index (χ2v) is 6.57. The largest absolute Gasteiger partial charge is 0.378 e. The summed E-state index contributed by atoms with van der Waals surface area (Å²) >= 11 is 18.4. The van der Waals surface area contributed by atoms with Gasteiger partial charge in [-0.15, -0.1) is 0 Å². The average molecular weight is 343 g/mol. The third-order valence-electron chi connectivity index (χ3n) is 3.47.